The first kappa shape index (κ1) is 15.5. The standard InChI is InChI=1S/C10H10Br2O5S/c1-10(11,12)18(15,16)8-4-2-7(3-5-8)17-6-9(13)14/h2-5H,6H2,1H3,(H,13,14). The number of ether oxygens (including phenoxy) is 1. The molecule has 100 valence electrons. The van der Waals surface area contributed by atoms with Gasteiger partial charge in [-0.15, -0.1) is 0 Å². The number of hydrogen-bond donors (Lipinski definition) is 1. The zero-order valence-electron chi connectivity index (χ0n) is 9.26. The SMILES string of the molecule is CC(Br)(Br)S(=O)(=O)c1ccc(OCC(=O)O)cc1. The van der Waals surface area contributed by atoms with Crippen LogP contribution in [0.1, 0.15) is 6.92 Å². The number of sulfone groups is 1. The van der Waals surface area contributed by atoms with Crippen LogP contribution in [0.4, 0.5) is 0 Å². The van der Waals surface area contributed by atoms with Crippen LogP contribution in [0.15, 0.2) is 29.2 Å². The quantitative estimate of drug-likeness (QED) is 0.766. The Kier molecular flexibility index (Phi) is 4.79. The second-order valence-electron chi connectivity index (χ2n) is 3.47. The van der Waals surface area contributed by atoms with Crippen molar-refractivity contribution in [2.24, 2.45) is 0 Å². The van der Waals surface area contributed by atoms with Crippen LogP contribution in [0.5, 0.6) is 5.75 Å². The topological polar surface area (TPSA) is 80.7 Å². The third-order valence-electron chi connectivity index (χ3n) is 1.97. The summed E-state index contributed by atoms with van der Waals surface area (Å²) >= 11 is 6.05. The lowest BCUT2D eigenvalue weighted by atomic mass is 10.3. The first-order chi connectivity index (χ1) is 8.14. The van der Waals surface area contributed by atoms with Crippen LogP contribution in [-0.2, 0) is 14.6 Å². The molecule has 1 aromatic carbocycles. The molecule has 0 unspecified atom stereocenters. The zero-order valence-corrected chi connectivity index (χ0v) is 13.2. The Hall–Kier alpha value is -0.600. The Balaban J connectivity index is 2.93. The van der Waals surface area contributed by atoms with Crippen LogP contribution >= 0.6 is 31.9 Å². The maximum Gasteiger partial charge on any atom is 0.341 e. The molecule has 0 atom stereocenters. The molecule has 0 radical (unpaired) electrons. The number of carboxylic acids is 1. The summed E-state index contributed by atoms with van der Waals surface area (Å²) < 4.78 is 27.7. The van der Waals surface area contributed by atoms with Crippen LogP contribution in [0.2, 0.25) is 0 Å². The van der Waals surface area contributed by atoms with E-state index >= 15 is 0 Å². The fourth-order valence-corrected chi connectivity index (χ4v) is 3.10. The van der Waals surface area contributed by atoms with Crippen molar-refractivity contribution in [3.05, 3.63) is 24.3 Å². The maximum atomic E-state index is 12.0. The van der Waals surface area contributed by atoms with Gasteiger partial charge >= 0.3 is 5.97 Å². The number of alkyl halides is 2. The third-order valence-corrected chi connectivity index (χ3v) is 6.36. The van der Waals surface area contributed by atoms with Gasteiger partial charge in [0, 0.05) is 0 Å². The second kappa shape index (κ2) is 5.58. The summed E-state index contributed by atoms with van der Waals surface area (Å²) in [6.07, 6.45) is 0. The largest absolute Gasteiger partial charge is 0.482 e. The van der Waals surface area contributed by atoms with E-state index in [1.165, 1.54) is 31.2 Å². The molecule has 18 heavy (non-hydrogen) atoms. The first-order valence-electron chi connectivity index (χ1n) is 4.71. The molecular weight excluding hydrogens is 392 g/mol. The lowest BCUT2D eigenvalue weighted by Crippen LogP contribution is -2.21. The Bertz CT molecular complexity index is 530. The number of rotatable bonds is 5. The smallest absolute Gasteiger partial charge is 0.341 e. The molecule has 0 amide bonds. The molecule has 0 saturated heterocycles. The molecule has 1 rings (SSSR count). The second-order valence-corrected chi connectivity index (χ2v) is 11.0. The van der Waals surface area contributed by atoms with Crippen LogP contribution in [-0.4, -0.2) is 28.7 Å². The molecule has 8 heteroatoms. The summed E-state index contributed by atoms with van der Waals surface area (Å²) in [5.74, 6) is -0.803. The van der Waals surface area contributed by atoms with Crippen molar-refractivity contribution in [2.45, 2.75) is 14.4 Å². The molecule has 0 bridgehead atoms. The van der Waals surface area contributed by atoms with Crippen molar-refractivity contribution in [2.75, 3.05) is 6.61 Å². The highest BCUT2D eigenvalue weighted by Crippen LogP contribution is 2.37. The molecule has 0 fully saturated rings. The first-order valence-corrected chi connectivity index (χ1v) is 7.78. The van der Waals surface area contributed by atoms with E-state index in [1.54, 1.807) is 0 Å². The van der Waals surface area contributed by atoms with Crippen molar-refractivity contribution in [1.82, 2.24) is 0 Å². The number of hydrogen-bond acceptors (Lipinski definition) is 4. The van der Waals surface area contributed by atoms with Gasteiger partial charge in [0.15, 0.2) is 9.17 Å². The van der Waals surface area contributed by atoms with E-state index < -0.39 is 25.0 Å². The fourth-order valence-electron chi connectivity index (χ4n) is 1.07. The third kappa shape index (κ3) is 3.69. The summed E-state index contributed by atoms with van der Waals surface area (Å²) in [5, 5.41) is 8.43. The lowest BCUT2D eigenvalue weighted by molar-refractivity contribution is -0.139. The average molecular weight is 402 g/mol. The molecular formula is C10H10Br2O5S. The summed E-state index contributed by atoms with van der Waals surface area (Å²) in [5.41, 5.74) is 0. The van der Waals surface area contributed by atoms with Gasteiger partial charge in [-0.3, -0.25) is 0 Å². The van der Waals surface area contributed by atoms with Gasteiger partial charge in [0.1, 0.15) is 5.75 Å². The monoisotopic (exact) mass is 400 g/mol. The van der Waals surface area contributed by atoms with Crippen molar-refractivity contribution in [3.63, 3.8) is 0 Å². The van der Waals surface area contributed by atoms with Gasteiger partial charge in [0.05, 0.1) is 4.90 Å². The molecule has 5 nitrogen and oxygen atoms in total. The van der Waals surface area contributed by atoms with Gasteiger partial charge < -0.3 is 9.84 Å². The number of benzene rings is 1. The number of carbonyl (C=O) groups is 1. The molecule has 0 aromatic heterocycles. The molecule has 0 saturated carbocycles. The van der Waals surface area contributed by atoms with E-state index in [4.69, 9.17) is 9.84 Å². The fraction of sp³-hybridized carbons (Fsp3) is 0.300. The number of halogens is 2. The van der Waals surface area contributed by atoms with Gasteiger partial charge in [-0.1, -0.05) is 31.9 Å². The summed E-state index contributed by atoms with van der Waals surface area (Å²) in [4.78, 5) is 10.4. The Morgan fingerprint density at radius 1 is 1.33 bits per heavy atom. The summed E-state index contributed by atoms with van der Waals surface area (Å²) in [6, 6.07) is 5.52. The molecule has 1 N–H and O–H groups in total. The van der Waals surface area contributed by atoms with E-state index in [0.717, 1.165) is 0 Å². The minimum absolute atomic E-state index is 0.0985. The molecule has 0 aliphatic rings. The van der Waals surface area contributed by atoms with Crippen molar-refractivity contribution in [1.29, 1.82) is 0 Å². The van der Waals surface area contributed by atoms with Gasteiger partial charge in [-0.25, -0.2) is 13.2 Å². The number of carboxylic acid groups (broad SMARTS) is 1. The van der Waals surface area contributed by atoms with Crippen LogP contribution in [0, 0.1) is 0 Å². The van der Waals surface area contributed by atoms with Crippen molar-refractivity contribution >= 4 is 47.7 Å². The van der Waals surface area contributed by atoms with E-state index in [0.29, 0.717) is 5.75 Å². The minimum atomic E-state index is -3.56. The Morgan fingerprint density at radius 3 is 2.22 bits per heavy atom. The highest BCUT2D eigenvalue weighted by molar-refractivity contribution is 9.27. The molecule has 1 aromatic rings. The van der Waals surface area contributed by atoms with Gasteiger partial charge in [0.25, 0.3) is 0 Å². The van der Waals surface area contributed by atoms with E-state index in [2.05, 4.69) is 31.9 Å². The van der Waals surface area contributed by atoms with Crippen molar-refractivity contribution < 1.29 is 23.1 Å². The van der Waals surface area contributed by atoms with Crippen LogP contribution in [0.25, 0.3) is 0 Å². The summed E-state index contributed by atoms with van der Waals surface area (Å²) in [6.45, 7) is 0.984. The normalized spacial score (nSPS) is 12.2. The zero-order chi connectivity index (χ0) is 14.0. The maximum absolute atomic E-state index is 12.0. The highest BCUT2D eigenvalue weighted by atomic mass is 79.9. The van der Waals surface area contributed by atoms with Gasteiger partial charge in [-0.05, 0) is 31.2 Å². The predicted molar refractivity (Wildman–Crippen MR) is 73.0 cm³/mol. The molecule has 0 aliphatic heterocycles. The van der Waals surface area contributed by atoms with Gasteiger partial charge in [-0.2, -0.15) is 0 Å². The number of aliphatic carboxylic acids is 1. The van der Waals surface area contributed by atoms with E-state index in [9.17, 15) is 13.2 Å². The average Bonchev–Trinajstić information content (AvgIpc) is 2.25. The Labute approximate surface area is 121 Å². The van der Waals surface area contributed by atoms with E-state index in [-0.39, 0.29) is 4.90 Å². The Morgan fingerprint density at radius 2 is 1.83 bits per heavy atom. The summed E-state index contributed by atoms with van der Waals surface area (Å²) in [7, 11) is -3.56. The highest BCUT2D eigenvalue weighted by Gasteiger charge is 2.34. The predicted octanol–water partition coefficient (Wildman–Crippen LogP) is 2.39. The van der Waals surface area contributed by atoms with E-state index in [1.807, 2.05) is 0 Å². The lowest BCUT2D eigenvalue weighted by Gasteiger charge is -2.15. The van der Waals surface area contributed by atoms with Crippen LogP contribution < -0.4 is 4.74 Å². The van der Waals surface area contributed by atoms with Crippen LogP contribution in [0.3, 0.4) is 0 Å². The molecule has 0 spiro atoms. The molecule has 0 heterocycles. The minimum Gasteiger partial charge on any atom is -0.482 e. The molecule has 0 aliphatic carbocycles. The van der Waals surface area contributed by atoms with Gasteiger partial charge in [0.2, 0.25) is 9.84 Å². The van der Waals surface area contributed by atoms with Crippen molar-refractivity contribution in [3.8, 4) is 5.75 Å².